The topological polar surface area (TPSA) is 88.8 Å². The van der Waals surface area contributed by atoms with Crippen LogP contribution in [0.4, 0.5) is 24.8 Å². The third-order valence-corrected chi connectivity index (χ3v) is 3.40. The third-order valence-electron chi connectivity index (χ3n) is 3.40. The molecule has 0 aliphatic carbocycles. The molecule has 0 unspecified atom stereocenters. The number of nitrogens with one attached hydrogen (secondary N) is 1. The number of hydrogen-bond donors (Lipinski definition) is 2. The molecule has 0 radical (unpaired) electrons. The van der Waals surface area contributed by atoms with Gasteiger partial charge in [0.15, 0.2) is 0 Å². The minimum absolute atomic E-state index is 0.124. The molecule has 1 aromatic carbocycles. The lowest BCUT2D eigenvalue weighted by Crippen LogP contribution is -2.05. The number of anilines is 2. The largest absolute Gasteiger partial charge is 0.507 e. The predicted molar refractivity (Wildman–Crippen MR) is 83.2 cm³/mol. The van der Waals surface area contributed by atoms with Crippen LogP contribution >= 0.6 is 0 Å². The van der Waals surface area contributed by atoms with E-state index < -0.39 is 17.5 Å². The van der Waals surface area contributed by atoms with Crippen molar-refractivity contribution in [2.45, 2.75) is 13.1 Å². The summed E-state index contributed by atoms with van der Waals surface area (Å²) in [6.07, 6.45) is -1.24. The number of aryl methyl sites for hydroxylation is 2. The first-order valence-corrected chi connectivity index (χ1v) is 7.11. The van der Waals surface area contributed by atoms with E-state index in [2.05, 4.69) is 25.6 Å². The molecule has 7 nitrogen and oxygen atoms in total. The lowest BCUT2D eigenvalue weighted by atomic mass is 10.1. The van der Waals surface area contributed by atoms with Gasteiger partial charge in [-0.1, -0.05) is 0 Å². The predicted octanol–water partition coefficient (Wildman–Crippen LogP) is 3.05. The van der Waals surface area contributed by atoms with Gasteiger partial charge in [0.05, 0.1) is 23.1 Å². The molecule has 2 heterocycles. The van der Waals surface area contributed by atoms with Crippen molar-refractivity contribution < 1.29 is 18.3 Å². The van der Waals surface area contributed by atoms with Gasteiger partial charge in [0.1, 0.15) is 11.4 Å². The minimum atomic E-state index is -4.54. The highest BCUT2D eigenvalue weighted by Crippen LogP contribution is 2.36. The van der Waals surface area contributed by atoms with Crippen molar-refractivity contribution in [2.24, 2.45) is 7.05 Å². The number of rotatable bonds is 3. The fourth-order valence-corrected chi connectivity index (χ4v) is 2.23. The number of phenols is 1. The molecule has 0 amide bonds. The van der Waals surface area contributed by atoms with Crippen LogP contribution in [0.1, 0.15) is 11.3 Å². The van der Waals surface area contributed by atoms with E-state index in [0.717, 1.165) is 12.1 Å². The Hall–Kier alpha value is -3.17. The van der Waals surface area contributed by atoms with Crippen LogP contribution in [0.5, 0.6) is 5.75 Å². The van der Waals surface area contributed by atoms with Crippen LogP contribution in [0.25, 0.3) is 11.3 Å². The molecule has 0 bridgehead atoms. The van der Waals surface area contributed by atoms with Crippen LogP contribution in [-0.4, -0.2) is 30.1 Å². The van der Waals surface area contributed by atoms with Gasteiger partial charge in [0.2, 0.25) is 5.95 Å². The summed E-state index contributed by atoms with van der Waals surface area (Å²) in [5, 5.41) is 24.7. The van der Waals surface area contributed by atoms with Gasteiger partial charge in [-0.3, -0.25) is 4.68 Å². The molecule has 25 heavy (non-hydrogen) atoms. The Balaban J connectivity index is 1.91. The van der Waals surface area contributed by atoms with Gasteiger partial charge in [0.25, 0.3) is 0 Å². The average molecular weight is 350 g/mol. The SMILES string of the molecule is Cc1nc(Nc2cnn(C)c2)nnc1-c1ccc(C(F)(F)F)cc1O. The molecule has 2 N–H and O–H groups in total. The van der Waals surface area contributed by atoms with Gasteiger partial charge in [0, 0.05) is 18.8 Å². The Bertz CT molecular complexity index is 922. The Kier molecular flexibility index (Phi) is 4.03. The lowest BCUT2D eigenvalue weighted by Gasteiger charge is -2.11. The molecule has 0 saturated heterocycles. The molecule has 0 fully saturated rings. The number of halogens is 3. The fraction of sp³-hybridized carbons (Fsp3) is 0.200. The Labute approximate surface area is 140 Å². The van der Waals surface area contributed by atoms with Crippen LogP contribution in [0.3, 0.4) is 0 Å². The maximum absolute atomic E-state index is 12.7. The monoisotopic (exact) mass is 350 g/mol. The summed E-state index contributed by atoms with van der Waals surface area (Å²) in [7, 11) is 1.76. The van der Waals surface area contributed by atoms with Gasteiger partial charge in [-0.2, -0.15) is 18.3 Å². The number of benzene rings is 1. The van der Waals surface area contributed by atoms with Crippen molar-refractivity contribution >= 4 is 11.6 Å². The summed E-state index contributed by atoms with van der Waals surface area (Å²) >= 11 is 0. The van der Waals surface area contributed by atoms with Gasteiger partial charge in [-0.05, 0) is 25.1 Å². The second-order valence-corrected chi connectivity index (χ2v) is 5.33. The molecule has 0 spiro atoms. The van der Waals surface area contributed by atoms with E-state index in [-0.39, 0.29) is 17.2 Å². The first-order chi connectivity index (χ1) is 11.7. The standard InChI is InChI=1S/C15H13F3N6O/c1-8-13(11-4-3-9(5-12(11)25)15(16,17)18)22-23-14(20-8)21-10-6-19-24(2)7-10/h3-7,25H,1-2H3,(H,20,21,23). The van der Waals surface area contributed by atoms with Crippen LogP contribution in [0.15, 0.2) is 30.6 Å². The van der Waals surface area contributed by atoms with Crippen molar-refractivity contribution in [1.29, 1.82) is 0 Å². The number of alkyl halides is 3. The van der Waals surface area contributed by atoms with E-state index in [0.29, 0.717) is 17.4 Å². The lowest BCUT2D eigenvalue weighted by molar-refractivity contribution is -0.137. The minimum Gasteiger partial charge on any atom is -0.507 e. The van der Waals surface area contributed by atoms with Crippen molar-refractivity contribution in [3.8, 4) is 17.0 Å². The van der Waals surface area contributed by atoms with Crippen molar-refractivity contribution in [2.75, 3.05) is 5.32 Å². The number of nitrogens with zero attached hydrogens (tertiary/aromatic N) is 5. The summed E-state index contributed by atoms with van der Waals surface area (Å²) in [5.41, 5.74) is 0.439. The second-order valence-electron chi connectivity index (χ2n) is 5.33. The highest BCUT2D eigenvalue weighted by atomic mass is 19.4. The van der Waals surface area contributed by atoms with E-state index in [4.69, 9.17) is 0 Å². The van der Waals surface area contributed by atoms with Crippen molar-refractivity contribution in [3.05, 3.63) is 41.9 Å². The van der Waals surface area contributed by atoms with Gasteiger partial charge in [-0.25, -0.2) is 4.98 Å². The smallest absolute Gasteiger partial charge is 0.416 e. The normalized spacial score (nSPS) is 11.6. The number of hydrogen-bond acceptors (Lipinski definition) is 6. The first-order valence-electron chi connectivity index (χ1n) is 7.11. The van der Waals surface area contributed by atoms with E-state index >= 15 is 0 Å². The third kappa shape index (κ3) is 3.52. The van der Waals surface area contributed by atoms with Gasteiger partial charge in [-0.15, -0.1) is 10.2 Å². The Morgan fingerprint density at radius 1 is 1.20 bits per heavy atom. The zero-order valence-electron chi connectivity index (χ0n) is 13.2. The van der Waals surface area contributed by atoms with Crippen LogP contribution in [0, 0.1) is 6.92 Å². The number of phenolic OH excluding ortho intramolecular Hbond substituents is 1. The average Bonchev–Trinajstić information content (AvgIpc) is 2.92. The molecule has 10 heteroatoms. The maximum atomic E-state index is 12.7. The highest BCUT2D eigenvalue weighted by Gasteiger charge is 2.31. The molecule has 0 aliphatic heterocycles. The van der Waals surface area contributed by atoms with Crippen molar-refractivity contribution in [1.82, 2.24) is 25.0 Å². The Morgan fingerprint density at radius 3 is 2.52 bits per heavy atom. The fourth-order valence-electron chi connectivity index (χ4n) is 2.23. The summed E-state index contributed by atoms with van der Waals surface area (Å²) in [6, 6.07) is 2.67. The molecule has 3 rings (SSSR count). The molecular formula is C15H13F3N6O. The second kappa shape index (κ2) is 6.04. The summed E-state index contributed by atoms with van der Waals surface area (Å²) in [5.74, 6) is -0.331. The van der Waals surface area contributed by atoms with E-state index in [1.54, 1.807) is 31.0 Å². The summed E-state index contributed by atoms with van der Waals surface area (Å²) in [6.45, 7) is 1.62. The van der Waals surface area contributed by atoms with E-state index in [9.17, 15) is 18.3 Å². The quantitative estimate of drug-likeness (QED) is 0.755. The van der Waals surface area contributed by atoms with Gasteiger partial charge >= 0.3 is 6.18 Å². The van der Waals surface area contributed by atoms with Crippen LogP contribution in [-0.2, 0) is 13.2 Å². The zero-order chi connectivity index (χ0) is 18.2. The van der Waals surface area contributed by atoms with E-state index in [1.807, 2.05) is 0 Å². The molecular weight excluding hydrogens is 337 g/mol. The zero-order valence-corrected chi connectivity index (χ0v) is 13.2. The van der Waals surface area contributed by atoms with Crippen LogP contribution < -0.4 is 5.32 Å². The van der Waals surface area contributed by atoms with Crippen LogP contribution in [0.2, 0.25) is 0 Å². The Morgan fingerprint density at radius 2 is 1.96 bits per heavy atom. The van der Waals surface area contributed by atoms with E-state index in [1.165, 1.54) is 0 Å². The maximum Gasteiger partial charge on any atom is 0.416 e. The molecule has 130 valence electrons. The molecule has 0 aliphatic rings. The molecule has 3 aromatic rings. The molecule has 2 aromatic heterocycles. The summed E-state index contributed by atoms with van der Waals surface area (Å²) < 4.78 is 39.6. The number of aromatic hydroxyl groups is 1. The highest BCUT2D eigenvalue weighted by molar-refractivity contribution is 5.69. The van der Waals surface area contributed by atoms with Crippen molar-refractivity contribution in [3.63, 3.8) is 0 Å². The number of aromatic nitrogens is 5. The molecule has 0 saturated carbocycles. The van der Waals surface area contributed by atoms with Gasteiger partial charge < -0.3 is 10.4 Å². The molecule has 0 atom stereocenters. The summed E-state index contributed by atoms with van der Waals surface area (Å²) in [4.78, 5) is 4.21. The first kappa shape index (κ1) is 16.7.